The first-order valence-corrected chi connectivity index (χ1v) is 8.07. The fourth-order valence-corrected chi connectivity index (χ4v) is 2.21. The summed E-state index contributed by atoms with van der Waals surface area (Å²) >= 11 is 3.36. The second-order valence-corrected chi connectivity index (χ2v) is 5.86. The molecule has 0 heterocycles. The summed E-state index contributed by atoms with van der Waals surface area (Å²) in [6, 6.07) is 7.91. The number of halogens is 2. The summed E-state index contributed by atoms with van der Waals surface area (Å²) in [5.41, 5.74) is 0.649. The van der Waals surface area contributed by atoms with Crippen molar-refractivity contribution in [2.24, 2.45) is 4.99 Å². The Labute approximate surface area is 156 Å². The van der Waals surface area contributed by atoms with Crippen molar-refractivity contribution in [2.45, 2.75) is 25.8 Å². The van der Waals surface area contributed by atoms with Gasteiger partial charge in [-0.25, -0.2) is 0 Å². The molecule has 1 aromatic rings. The summed E-state index contributed by atoms with van der Waals surface area (Å²) in [5, 5.41) is 9.41. The number of hydrogen-bond donors (Lipinski definition) is 3. The average molecular weight is 481 g/mol. The molecular formula is C15H22BrIN4O. The molecule has 0 aliphatic heterocycles. The van der Waals surface area contributed by atoms with Crippen LogP contribution in [0.5, 0.6) is 0 Å². The molecule has 0 aromatic heterocycles. The van der Waals surface area contributed by atoms with Crippen LogP contribution in [0.4, 0.5) is 0 Å². The highest BCUT2D eigenvalue weighted by atomic mass is 127. The van der Waals surface area contributed by atoms with Gasteiger partial charge in [0.1, 0.15) is 0 Å². The predicted octanol–water partition coefficient (Wildman–Crippen LogP) is 2.51. The van der Waals surface area contributed by atoms with Crippen LogP contribution < -0.4 is 16.0 Å². The van der Waals surface area contributed by atoms with E-state index in [-0.39, 0.29) is 29.9 Å². The zero-order valence-electron chi connectivity index (χ0n) is 12.6. The summed E-state index contributed by atoms with van der Waals surface area (Å²) < 4.78 is 0.899. The summed E-state index contributed by atoms with van der Waals surface area (Å²) in [6.07, 6.45) is 2.42. The van der Waals surface area contributed by atoms with Crippen LogP contribution in [0.15, 0.2) is 33.7 Å². The van der Waals surface area contributed by atoms with Crippen LogP contribution in [-0.2, 0) is 0 Å². The third-order valence-electron chi connectivity index (χ3n) is 3.02. The number of carbonyl (C=O) groups is 1. The molecule has 1 aromatic carbocycles. The number of amides is 1. The number of benzene rings is 1. The summed E-state index contributed by atoms with van der Waals surface area (Å²) in [7, 11) is 0. The van der Waals surface area contributed by atoms with Crippen LogP contribution in [0.1, 0.15) is 30.1 Å². The maximum atomic E-state index is 11.9. The van der Waals surface area contributed by atoms with Crippen LogP contribution in [0.2, 0.25) is 0 Å². The molecule has 5 nitrogen and oxygen atoms in total. The molecule has 1 saturated carbocycles. The third-order valence-corrected chi connectivity index (χ3v) is 3.51. The van der Waals surface area contributed by atoms with Gasteiger partial charge in [-0.2, -0.15) is 0 Å². The van der Waals surface area contributed by atoms with Gasteiger partial charge in [0.15, 0.2) is 5.96 Å². The molecular weight excluding hydrogens is 459 g/mol. The van der Waals surface area contributed by atoms with Crippen LogP contribution >= 0.6 is 39.9 Å². The third kappa shape index (κ3) is 6.95. The Hall–Kier alpha value is -0.830. The zero-order chi connectivity index (χ0) is 15.1. The topological polar surface area (TPSA) is 65.5 Å². The van der Waals surface area contributed by atoms with Crippen molar-refractivity contribution in [3.63, 3.8) is 0 Å². The van der Waals surface area contributed by atoms with Crippen molar-refractivity contribution in [3.05, 3.63) is 34.3 Å². The second-order valence-electron chi connectivity index (χ2n) is 4.95. The number of guanidine groups is 1. The number of aliphatic imine (C=N–C) groups is 1. The molecule has 1 aliphatic carbocycles. The van der Waals surface area contributed by atoms with Crippen molar-refractivity contribution in [1.29, 1.82) is 0 Å². The summed E-state index contributed by atoms with van der Waals surface area (Å²) in [6.45, 7) is 3.95. The molecule has 22 heavy (non-hydrogen) atoms. The van der Waals surface area contributed by atoms with E-state index in [0.29, 0.717) is 24.7 Å². The molecule has 7 heteroatoms. The Kier molecular flexibility index (Phi) is 8.77. The van der Waals surface area contributed by atoms with E-state index in [4.69, 9.17) is 0 Å². The number of hydrogen-bond acceptors (Lipinski definition) is 2. The Morgan fingerprint density at radius 2 is 2.14 bits per heavy atom. The van der Waals surface area contributed by atoms with Gasteiger partial charge < -0.3 is 16.0 Å². The average Bonchev–Trinajstić information content (AvgIpc) is 3.27. The fraction of sp³-hybridized carbons (Fsp3) is 0.467. The molecule has 2 rings (SSSR count). The van der Waals surface area contributed by atoms with Crippen LogP contribution in [0.3, 0.4) is 0 Å². The molecule has 1 fully saturated rings. The Morgan fingerprint density at radius 1 is 1.36 bits per heavy atom. The Bertz CT molecular complexity index is 520. The molecule has 0 saturated heterocycles. The van der Waals surface area contributed by atoms with Crippen molar-refractivity contribution < 1.29 is 4.79 Å². The van der Waals surface area contributed by atoms with Crippen LogP contribution in [-0.4, -0.2) is 37.5 Å². The first-order valence-electron chi connectivity index (χ1n) is 7.27. The van der Waals surface area contributed by atoms with E-state index in [2.05, 4.69) is 36.9 Å². The number of nitrogens with zero attached hydrogens (tertiary/aromatic N) is 1. The van der Waals surface area contributed by atoms with Crippen molar-refractivity contribution in [3.8, 4) is 0 Å². The first kappa shape index (κ1) is 19.2. The molecule has 3 N–H and O–H groups in total. The fourth-order valence-electron chi connectivity index (χ4n) is 1.81. The lowest BCUT2D eigenvalue weighted by Gasteiger charge is -2.10. The zero-order valence-corrected chi connectivity index (χ0v) is 16.5. The van der Waals surface area contributed by atoms with E-state index in [1.54, 1.807) is 12.1 Å². The molecule has 0 spiro atoms. The quantitative estimate of drug-likeness (QED) is 0.254. The monoisotopic (exact) mass is 480 g/mol. The second kappa shape index (κ2) is 10.0. The standard InChI is InChI=1S/C15H21BrN4O.HI/c1-2-17-15(20-13-6-7-13)19-9-8-18-14(21)11-4-3-5-12(16)10-11;/h3-5,10,13H,2,6-9H2,1H3,(H,18,21)(H2,17,19,20);1H. The number of nitrogens with one attached hydrogen (secondary N) is 3. The molecule has 122 valence electrons. The summed E-state index contributed by atoms with van der Waals surface area (Å²) in [5.74, 6) is 0.753. The van der Waals surface area contributed by atoms with Gasteiger partial charge in [0, 0.05) is 29.2 Å². The largest absolute Gasteiger partial charge is 0.357 e. The van der Waals surface area contributed by atoms with E-state index < -0.39 is 0 Å². The number of carbonyl (C=O) groups excluding carboxylic acids is 1. The highest BCUT2D eigenvalue weighted by Gasteiger charge is 2.21. The van der Waals surface area contributed by atoms with Crippen LogP contribution in [0.25, 0.3) is 0 Å². The van der Waals surface area contributed by atoms with E-state index in [1.807, 2.05) is 19.1 Å². The number of rotatable bonds is 6. The molecule has 1 aliphatic rings. The van der Waals surface area contributed by atoms with Gasteiger partial charge in [-0.05, 0) is 38.0 Å². The molecule has 0 radical (unpaired) electrons. The smallest absolute Gasteiger partial charge is 0.251 e. The molecule has 1 amide bonds. The maximum Gasteiger partial charge on any atom is 0.251 e. The van der Waals surface area contributed by atoms with Gasteiger partial charge >= 0.3 is 0 Å². The minimum absolute atomic E-state index is 0. The highest BCUT2D eigenvalue weighted by Crippen LogP contribution is 2.18. The van der Waals surface area contributed by atoms with E-state index in [0.717, 1.165) is 17.0 Å². The van der Waals surface area contributed by atoms with Gasteiger partial charge in [-0.15, -0.1) is 24.0 Å². The van der Waals surface area contributed by atoms with Crippen molar-refractivity contribution in [1.82, 2.24) is 16.0 Å². The lowest BCUT2D eigenvalue weighted by atomic mass is 10.2. The van der Waals surface area contributed by atoms with Gasteiger partial charge in [0.25, 0.3) is 5.91 Å². The summed E-state index contributed by atoms with van der Waals surface area (Å²) in [4.78, 5) is 16.4. The minimum atomic E-state index is -0.0772. The first-order chi connectivity index (χ1) is 10.2. The van der Waals surface area contributed by atoms with Crippen molar-refractivity contribution >= 4 is 51.8 Å². The van der Waals surface area contributed by atoms with Gasteiger partial charge in [-0.3, -0.25) is 9.79 Å². The highest BCUT2D eigenvalue weighted by molar-refractivity contribution is 14.0. The van der Waals surface area contributed by atoms with Crippen LogP contribution in [0, 0.1) is 0 Å². The SMILES string of the molecule is CCNC(=NCCNC(=O)c1cccc(Br)c1)NC1CC1.I. The Balaban J connectivity index is 0.00000242. The normalized spacial score (nSPS) is 14.0. The van der Waals surface area contributed by atoms with E-state index in [9.17, 15) is 4.79 Å². The van der Waals surface area contributed by atoms with Gasteiger partial charge in [0.2, 0.25) is 0 Å². The van der Waals surface area contributed by atoms with Gasteiger partial charge in [-0.1, -0.05) is 22.0 Å². The predicted molar refractivity (Wildman–Crippen MR) is 104 cm³/mol. The minimum Gasteiger partial charge on any atom is -0.357 e. The molecule has 0 bridgehead atoms. The Morgan fingerprint density at radius 3 is 2.77 bits per heavy atom. The molecule has 0 atom stereocenters. The molecule has 0 unspecified atom stereocenters. The van der Waals surface area contributed by atoms with E-state index in [1.165, 1.54) is 12.8 Å². The van der Waals surface area contributed by atoms with Crippen molar-refractivity contribution in [2.75, 3.05) is 19.6 Å². The lowest BCUT2D eigenvalue weighted by Crippen LogP contribution is -2.39. The maximum absolute atomic E-state index is 11.9. The lowest BCUT2D eigenvalue weighted by molar-refractivity contribution is 0.0954. The van der Waals surface area contributed by atoms with E-state index >= 15 is 0 Å². The van der Waals surface area contributed by atoms with Gasteiger partial charge in [0.05, 0.1) is 6.54 Å².